The van der Waals surface area contributed by atoms with Gasteiger partial charge in [0.05, 0.1) is 4.75 Å². The summed E-state index contributed by atoms with van der Waals surface area (Å²) in [6.45, 7) is 5.31. The van der Waals surface area contributed by atoms with Gasteiger partial charge in [0.1, 0.15) is 12.6 Å². The molecule has 0 fully saturated rings. The topological polar surface area (TPSA) is 84.8 Å². The van der Waals surface area contributed by atoms with Gasteiger partial charge in [0, 0.05) is 23.0 Å². The summed E-state index contributed by atoms with van der Waals surface area (Å²) in [5, 5.41) is 2.65. The molecule has 0 saturated heterocycles. The maximum absolute atomic E-state index is 12.4. The molecule has 1 atom stereocenters. The standard InChI is InChI=1S/C16H22N2O4S/c1-4-8-13(19)17-14(16(2,3)23-18-21)15(20)22-11-12-9-6-5-7-10-12/h5-7,9-10,14H,4,8,11H2,1-3H3,(H,17,19)/t14-/m1/s1. The number of nitrogens with one attached hydrogen (secondary N) is 1. The zero-order chi connectivity index (χ0) is 17.3. The van der Waals surface area contributed by atoms with E-state index in [1.54, 1.807) is 13.8 Å². The molecule has 1 rings (SSSR count). The lowest BCUT2D eigenvalue weighted by molar-refractivity contribution is -0.150. The number of nitrogens with zero attached hydrogens (tertiary/aromatic N) is 1. The van der Waals surface area contributed by atoms with Crippen molar-refractivity contribution in [2.75, 3.05) is 0 Å². The van der Waals surface area contributed by atoms with E-state index in [-0.39, 0.29) is 12.5 Å². The molecule has 0 radical (unpaired) electrons. The molecule has 0 aliphatic heterocycles. The molecule has 1 amide bonds. The van der Waals surface area contributed by atoms with Gasteiger partial charge < -0.3 is 10.1 Å². The van der Waals surface area contributed by atoms with Crippen LogP contribution in [-0.2, 0) is 20.9 Å². The second kappa shape index (κ2) is 9.29. The van der Waals surface area contributed by atoms with Crippen molar-refractivity contribution in [2.45, 2.75) is 51.0 Å². The van der Waals surface area contributed by atoms with Crippen molar-refractivity contribution in [3.63, 3.8) is 0 Å². The molecule has 1 aromatic rings. The van der Waals surface area contributed by atoms with Crippen LogP contribution >= 0.6 is 11.9 Å². The number of ether oxygens (including phenoxy) is 1. The summed E-state index contributed by atoms with van der Waals surface area (Å²) in [7, 11) is 0. The second-order valence-corrected chi connectivity index (χ2v) is 7.00. The maximum atomic E-state index is 12.4. The fourth-order valence-electron chi connectivity index (χ4n) is 1.94. The Morgan fingerprint density at radius 3 is 2.52 bits per heavy atom. The molecule has 23 heavy (non-hydrogen) atoms. The number of nitroso groups, excluding NO2 is 1. The number of carbonyl (C=O) groups excluding carboxylic acids is 2. The van der Waals surface area contributed by atoms with Crippen LogP contribution in [0.2, 0.25) is 0 Å². The van der Waals surface area contributed by atoms with Crippen LogP contribution in [0.1, 0.15) is 39.2 Å². The highest BCUT2D eigenvalue weighted by Crippen LogP contribution is 2.30. The lowest BCUT2D eigenvalue weighted by atomic mass is 10.0. The molecule has 6 nitrogen and oxygen atoms in total. The summed E-state index contributed by atoms with van der Waals surface area (Å²) in [6.07, 6.45) is 0.967. The van der Waals surface area contributed by atoms with Crippen LogP contribution in [0.15, 0.2) is 34.9 Å². The van der Waals surface area contributed by atoms with Crippen molar-refractivity contribution >= 4 is 23.8 Å². The summed E-state index contributed by atoms with van der Waals surface area (Å²) in [4.78, 5) is 34.8. The summed E-state index contributed by atoms with van der Waals surface area (Å²) in [5.41, 5.74) is 0.846. The van der Waals surface area contributed by atoms with Crippen LogP contribution in [0.25, 0.3) is 0 Å². The van der Waals surface area contributed by atoms with Crippen molar-refractivity contribution in [1.82, 2.24) is 5.32 Å². The van der Waals surface area contributed by atoms with Crippen molar-refractivity contribution in [3.8, 4) is 0 Å². The minimum absolute atomic E-state index is 0.106. The number of rotatable bonds is 9. The van der Waals surface area contributed by atoms with Crippen LogP contribution in [0, 0.1) is 4.91 Å². The van der Waals surface area contributed by atoms with Gasteiger partial charge in [0.15, 0.2) is 0 Å². The summed E-state index contributed by atoms with van der Waals surface area (Å²) >= 11 is 0.706. The minimum Gasteiger partial charge on any atom is -0.459 e. The quantitative estimate of drug-likeness (QED) is 0.424. The molecule has 126 valence electrons. The van der Waals surface area contributed by atoms with Crippen molar-refractivity contribution in [2.24, 2.45) is 4.58 Å². The van der Waals surface area contributed by atoms with Crippen LogP contribution < -0.4 is 5.32 Å². The van der Waals surface area contributed by atoms with E-state index in [0.717, 1.165) is 5.56 Å². The van der Waals surface area contributed by atoms with Gasteiger partial charge in [0.2, 0.25) is 5.91 Å². The van der Waals surface area contributed by atoms with Crippen LogP contribution in [0.5, 0.6) is 0 Å². The molecule has 0 aliphatic carbocycles. The first-order valence-electron chi connectivity index (χ1n) is 7.41. The molecular formula is C16H22N2O4S. The molecule has 0 aliphatic rings. The highest BCUT2D eigenvalue weighted by molar-refractivity contribution is 7.99. The Balaban J connectivity index is 2.78. The molecular weight excluding hydrogens is 316 g/mol. The second-order valence-electron chi connectivity index (χ2n) is 5.61. The normalized spacial score (nSPS) is 12.3. The van der Waals surface area contributed by atoms with E-state index < -0.39 is 16.8 Å². The Bertz CT molecular complexity index is 534. The lowest BCUT2D eigenvalue weighted by Crippen LogP contribution is -2.53. The van der Waals surface area contributed by atoms with E-state index in [0.29, 0.717) is 24.8 Å². The molecule has 0 aromatic heterocycles. The Labute approximate surface area is 140 Å². The third-order valence-electron chi connectivity index (χ3n) is 3.21. The average molecular weight is 338 g/mol. The monoisotopic (exact) mass is 338 g/mol. The van der Waals surface area contributed by atoms with Crippen molar-refractivity contribution in [1.29, 1.82) is 0 Å². The first kappa shape index (κ1) is 19.2. The van der Waals surface area contributed by atoms with Crippen molar-refractivity contribution < 1.29 is 14.3 Å². The smallest absolute Gasteiger partial charge is 0.330 e. The predicted molar refractivity (Wildman–Crippen MR) is 90.5 cm³/mol. The van der Waals surface area contributed by atoms with Crippen LogP contribution in [0.3, 0.4) is 0 Å². The van der Waals surface area contributed by atoms with Gasteiger partial charge in [0.25, 0.3) is 0 Å². The Morgan fingerprint density at radius 2 is 1.96 bits per heavy atom. The highest BCUT2D eigenvalue weighted by atomic mass is 32.2. The summed E-state index contributed by atoms with van der Waals surface area (Å²) in [6, 6.07) is 8.29. The number of hydrogen-bond acceptors (Lipinski definition) is 6. The van der Waals surface area contributed by atoms with Gasteiger partial charge in [-0.3, -0.25) is 4.79 Å². The zero-order valence-corrected chi connectivity index (χ0v) is 14.4. The van der Waals surface area contributed by atoms with Gasteiger partial charge in [-0.2, -0.15) is 0 Å². The van der Waals surface area contributed by atoms with E-state index in [1.165, 1.54) is 0 Å². The summed E-state index contributed by atoms with van der Waals surface area (Å²) in [5.74, 6) is -0.840. The molecule has 7 heteroatoms. The highest BCUT2D eigenvalue weighted by Gasteiger charge is 2.39. The maximum Gasteiger partial charge on any atom is 0.330 e. The third-order valence-corrected chi connectivity index (χ3v) is 3.99. The zero-order valence-electron chi connectivity index (χ0n) is 13.6. The molecule has 1 aromatic carbocycles. The Kier molecular flexibility index (Phi) is 7.74. The lowest BCUT2D eigenvalue weighted by Gasteiger charge is -2.29. The van der Waals surface area contributed by atoms with Gasteiger partial charge in [-0.25, -0.2) is 4.79 Å². The molecule has 0 spiro atoms. The number of carbonyl (C=O) groups is 2. The number of esters is 1. The molecule has 1 N–H and O–H groups in total. The van der Waals surface area contributed by atoms with Gasteiger partial charge in [-0.15, -0.1) is 4.91 Å². The fourth-order valence-corrected chi connectivity index (χ4v) is 2.39. The van der Waals surface area contributed by atoms with E-state index in [2.05, 4.69) is 9.90 Å². The van der Waals surface area contributed by atoms with Gasteiger partial charge >= 0.3 is 5.97 Å². The van der Waals surface area contributed by atoms with Crippen molar-refractivity contribution in [3.05, 3.63) is 40.8 Å². The molecule has 0 unspecified atom stereocenters. The van der Waals surface area contributed by atoms with Crippen LogP contribution in [-0.4, -0.2) is 22.7 Å². The summed E-state index contributed by atoms with van der Waals surface area (Å²) < 4.78 is 7.18. The average Bonchev–Trinajstić information content (AvgIpc) is 2.51. The van der Waals surface area contributed by atoms with E-state index >= 15 is 0 Å². The van der Waals surface area contributed by atoms with Gasteiger partial charge in [-0.05, 0) is 25.8 Å². The fraction of sp³-hybridized carbons (Fsp3) is 0.500. The number of amides is 1. The largest absolute Gasteiger partial charge is 0.459 e. The van der Waals surface area contributed by atoms with E-state index in [4.69, 9.17) is 4.74 Å². The number of benzene rings is 1. The molecule has 0 heterocycles. The SMILES string of the molecule is CCCC(=O)N[C@H](C(=O)OCc1ccccc1)C(C)(C)SN=O. The first-order chi connectivity index (χ1) is 10.9. The van der Waals surface area contributed by atoms with Gasteiger partial charge in [-0.1, -0.05) is 37.3 Å². The molecule has 0 saturated carbocycles. The predicted octanol–water partition coefficient (Wildman–Crippen LogP) is 3.21. The van der Waals surface area contributed by atoms with E-state index in [9.17, 15) is 14.5 Å². The van der Waals surface area contributed by atoms with Crippen LogP contribution in [0.4, 0.5) is 0 Å². The molecule has 0 bridgehead atoms. The third kappa shape index (κ3) is 6.40. The first-order valence-corrected chi connectivity index (χ1v) is 8.18. The number of hydrogen-bond donors (Lipinski definition) is 1. The minimum atomic E-state index is -0.951. The van der Waals surface area contributed by atoms with E-state index in [1.807, 2.05) is 37.3 Å². The Morgan fingerprint density at radius 1 is 1.30 bits per heavy atom. The Hall–Kier alpha value is -1.89.